The largest absolute Gasteiger partial charge is 0.459 e. The highest BCUT2D eigenvalue weighted by Crippen LogP contribution is 2.33. The van der Waals surface area contributed by atoms with E-state index in [0.717, 1.165) is 0 Å². The van der Waals surface area contributed by atoms with E-state index in [4.69, 9.17) is 44.0 Å². The van der Waals surface area contributed by atoms with Gasteiger partial charge in [-0.15, -0.1) is 0 Å². The van der Waals surface area contributed by atoms with Gasteiger partial charge in [0, 0.05) is 10.7 Å². The van der Waals surface area contributed by atoms with Crippen molar-refractivity contribution in [2.45, 2.75) is 0 Å². The van der Waals surface area contributed by atoms with Crippen LogP contribution in [0.2, 0.25) is 15.1 Å². The normalized spacial score (nSPS) is 10.4. The van der Waals surface area contributed by atoms with Crippen molar-refractivity contribution >= 4 is 64.0 Å². The molecule has 0 unspecified atom stereocenters. The lowest BCUT2D eigenvalue weighted by molar-refractivity contribution is -0.119. The van der Waals surface area contributed by atoms with Crippen molar-refractivity contribution in [3.63, 3.8) is 0 Å². The van der Waals surface area contributed by atoms with Crippen molar-refractivity contribution in [1.82, 2.24) is 0 Å². The molecular weight excluding hydrogens is 455 g/mol. The molecule has 0 bridgehead atoms. The van der Waals surface area contributed by atoms with Gasteiger partial charge in [0.25, 0.3) is 11.8 Å². The van der Waals surface area contributed by atoms with Gasteiger partial charge in [0.15, 0.2) is 12.4 Å². The van der Waals surface area contributed by atoms with Crippen LogP contribution >= 0.6 is 34.8 Å². The van der Waals surface area contributed by atoms with Gasteiger partial charge in [-0.05, 0) is 48.5 Å². The Morgan fingerprint density at radius 1 is 0.933 bits per heavy atom. The van der Waals surface area contributed by atoms with Crippen molar-refractivity contribution in [3.05, 3.63) is 81.2 Å². The third-order valence-corrected chi connectivity index (χ3v) is 4.54. The first-order chi connectivity index (χ1) is 14.3. The molecule has 3 aromatic rings. The second kappa shape index (κ2) is 9.67. The Balaban J connectivity index is 1.53. The molecule has 2 amide bonds. The van der Waals surface area contributed by atoms with Gasteiger partial charge in [-0.25, -0.2) is 4.79 Å². The zero-order chi connectivity index (χ0) is 21.7. The molecule has 7 nitrogen and oxygen atoms in total. The minimum atomic E-state index is -0.720. The number of furan rings is 1. The summed E-state index contributed by atoms with van der Waals surface area (Å²) in [6, 6.07) is 11.9. The second-order valence-electron chi connectivity index (χ2n) is 5.88. The minimum Gasteiger partial charge on any atom is -0.459 e. The molecule has 2 aromatic carbocycles. The van der Waals surface area contributed by atoms with Crippen molar-refractivity contribution in [3.8, 4) is 0 Å². The summed E-state index contributed by atoms with van der Waals surface area (Å²) in [5, 5.41) is 5.70. The lowest BCUT2D eigenvalue weighted by Gasteiger charge is -2.10. The standard InChI is InChI=1S/C20H13Cl3N2O5/c21-12-8-14(22)18(15(23)9-12)25-17(26)10-30-20(28)11-3-5-13(6-4-11)24-19(27)16-2-1-7-29-16/h1-9H,10H2,(H,24,27)(H,25,26). The Kier molecular flexibility index (Phi) is 6.99. The minimum absolute atomic E-state index is 0.152. The number of carbonyl (C=O) groups is 3. The Bertz CT molecular complexity index is 1060. The average molecular weight is 468 g/mol. The third kappa shape index (κ3) is 5.54. The molecule has 0 aliphatic heterocycles. The van der Waals surface area contributed by atoms with Gasteiger partial charge in [-0.1, -0.05) is 34.8 Å². The lowest BCUT2D eigenvalue weighted by Crippen LogP contribution is -2.21. The average Bonchev–Trinajstić information content (AvgIpc) is 3.24. The summed E-state index contributed by atoms with van der Waals surface area (Å²) in [7, 11) is 0. The highest BCUT2D eigenvalue weighted by molar-refractivity contribution is 6.42. The summed E-state index contributed by atoms with van der Waals surface area (Å²) < 4.78 is 9.98. The summed E-state index contributed by atoms with van der Waals surface area (Å²) in [4.78, 5) is 36.1. The van der Waals surface area contributed by atoms with Crippen molar-refractivity contribution < 1.29 is 23.5 Å². The maximum Gasteiger partial charge on any atom is 0.338 e. The Hall–Kier alpha value is -3.00. The fraction of sp³-hybridized carbons (Fsp3) is 0.0500. The number of amides is 2. The number of halogens is 3. The van der Waals surface area contributed by atoms with E-state index in [2.05, 4.69) is 10.6 Å². The summed E-state index contributed by atoms with van der Waals surface area (Å²) in [6.45, 7) is -0.550. The van der Waals surface area contributed by atoms with Gasteiger partial charge in [0.2, 0.25) is 0 Å². The van der Waals surface area contributed by atoms with Gasteiger partial charge in [-0.3, -0.25) is 9.59 Å². The highest BCUT2D eigenvalue weighted by atomic mass is 35.5. The van der Waals surface area contributed by atoms with E-state index in [1.54, 1.807) is 6.07 Å². The third-order valence-electron chi connectivity index (χ3n) is 3.73. The first-order valence-corrected chi connectivity index (χ1v) is 9.53. The van der Waals surface area contributed by atoms with Crippen LogP contribution < -0.4 is 10.6 Å². The van der Waals surface area contributed by atoms with Crippen molar-refractivity contribution in [2.24, 2.45) is 0 Å². The maximum atomic E-state index is 12.1. The predicted octanol–water partition coefficient (Wildman–Crippen LogP) is 5.29. The summed E-state index contributed by atoms with van der Waals surface area (Å²) >= 11 is 17.8. The number of esters is 1. The van der Waals surface area contributed by atoms with Crippen molar-refractivity contribution in [2.75, 3.05) is 17.2 Å². The number of nitrogens with one attached hydrogen (secondary N) is 2. The van der Waals surface area contributed by atoms with E-state index in [0.29, 0.717) is 10.7 Å². The van der Waals surface area contributed by atoms with Crippen LogP contribution in [0.15, 0.2) is 59.2 Å². The number of benzene rings is 2. The SMILES string of the molecule is O=C(COC(=O)c1ccc(NC(=O)c2ccco2)cc1)Nc1c(Cl)cc(Cl)cc1Cl. The molecule has 0 aliphatic rings. The van der Waals surface area contributed by atoms with Gasteiger partial charge in [0.05, 0.1) is 27.6 Å². The van der Waals surface area contributed by atoms with E-state index in [1.807, 2.05) is 0 Å². The summed E-state index contributed by atoms with van der Waals surface area (Å²) in [5.41, 5.74) is 0.819. The van der Waals surface area contributed by atoms with Crippen LogP contribution in [0.25, 0.3) is 0 Å². The molecule has 0 saturated heterocycles. The Morgan fingerprint density at radius 3 is 2.20 bits per heavy atom. The quantitative estimate of drug-likeness (QED) is 0.480. The molecule has 30 heavy (non-hydrogen) atoms. The zero-order valence-corrected chi connectivity index (χ0v) is 17.3. The highest BCUT2D eigenvalue weighted by Gasteiger charge is 2.15. The molecule has 0 radical (unpaired) electrons. The number of anilines is 2. The van der Waals surface area contributed by atoms with E-state index in [-0.39, 0.29) is 27.1 Å². The smallest absolute Gasteiger partial charge is 0.338 e. The molecule has 10 heteroatoms. The molecule has 1 aromatic heterocycles. The molecule has 154 valence electrons. The van der Waals surface area contributed by atoms with E-state index < -0.39 is 24.4 Å². The molecular formula is C20H13Cl3N2O5. The maximum absolute atomic E-state index is 12.1. The fourth-order valence-corrected chi connectivity index (χ4v) is 3.25. The topological polar surface area (TPSA) is 97.6 Å². The van der Waals surface area contributed by atoms with Crippen LogP contribution in [0.3, 0.4) is 0 Å². The molecule has 2 N–H and O–H groups in total. The Labute approximate surface area is 185 Å². The van der Waals surface area contributed by atoms with Crippen LogP contribution in [0.1, 0.15) is 20.9 Å². The molecule has 1 heterocycles. The molecule has 0 aliphatic carbocycles. The molecule has 0 atom stereocenters. The van der Waals surface area contributed by atoms with Gasteiger partial charge >= 0.3 is 5.97 Å². The van der Waals surface area contributed by atoms with Crippen LogP contribution in [0.4, 0.5) is 11.4 Å². The van der Waals surface area contributed by atoms with Crippen LogP contribution in [0.5, 0.6) is 0 Å². The summed E-state index contributed by atoms with van der Waals surface area (Å²) in [5.74, 6) is -1.61. The monoisotopic (exact) mass is 466 g/mol. The van der Waals surface area contributed by atoms with Crippen LogP contribution in [-0.4, -0.2) is 24.4 Å². The Morgan fingerprint density at radius 2 is 1.60 bits per heavy atom. The number of rotatable bonds is 6. The first kappa shape index (κ1) is 21.7. The lowest BCUT2D eigenvalue weighted by atomic mass is 10.2. The number of hydrogen-bond donors (Lipinski definition) is 2. The van der Waals surface area contributed by atoms with Crippen molar-refractivity contribution in [1.29, 1.82) is 0 Å². The van der Waals surface area contributed by atoms with Crippen LogP contribution in [0, 0.1) is 0 Å². The zero-order valence-electron chi connectivity index (χ0n) is 15.1. The number of ether oxygens (including phenoxy) is 1. The molecule has 0 spiro atoms. The molecule has 0 saturated carbocycles. The van der Waals surface area contributed by atoms with Gasteiger partial charge in [-0.2, -0.15) is 0 Å². The predicted molar refractivity (Wildman–Crippen MR) is 113 cm³/mol. The second-order valence-corrected chi connectivity index (χ2v) is 7.13. The molecule has 0 fully saturated rings. The first-order valence-electron chi connectivity index (χ1n) is 8.40. The van der Waals surface area contributed by atoms with E-state index in [9.17, 15) is 14.4 Å². The van der Waals surface area contributed by atoms with Gasteiger partial charge < -0.3 is 19.8 Å². The number of carbonyl (C=O) groups excluding carboxylic acids is 3. The summed E-state index contributed by atoms with van der Waals surface area (Å²) in [6.07, 6.45) is 1.39. The number of hydrogen-bond acceptors (Lipinski definition) is 5. The van der Waals surface area contributed by atoms with E-state index in [1.165, 1.54) is 48.7 Å². The molecule has 3 rings (SSSR count). The van der Waals surface area contributed by atoms with Crippen LogP contribution in [-0.2, 0) is 9.53 Å². The van der Waals surface area contributed by atoms with Gasteiger partial charge in [0.1, 0.15) is 0 Å². The fourth-order valence-electron chi connectivity index (χ4n) is 2.34. The van der Waals surface area contributed by atoms with E-state index >= 15 is 0 Å².